The van der Waals surface area contributed by atoms with Crippen molar-refractivity contribution in [2.24, 2.45) is 5.92 Å². The summed E-state index contributed by atoms with van der Waals surface area (Å²) in [5.41, 5.74) is 1.52. The van der Waals surface area contributed by atoms with Crippen LogP contribution in [0.3, 0.4) is 0 Å². The van der Waals surface area contributed by atoms with Crippen molar-refractivity contribution < 1.29 is 17.9 Å². The molecule has 1 aromatic carbocycles. The third-order valence-electron chi connectivity index (χ3n) is 5.34. The topological polar surface area (TPSA) is 88.6 Å². The largest absolute Gasteiger partial charge is 0.493 e. The molecule has 8 heteroatoms. The van der Waals surface area contributed by atoms with Crippen LogP contribution >= 0.6 is 0 Å². The van der Waals surface area contributed by atoms with Crippen LogP contribution in [0.15, 0.2) is 47.6 Å². The second-order valence-electron chi connectivity index (χ2n) is 7.20. The number of nitrogens with one attached hydrogen (secondary N) is 1. The van der Waals surface area contributed by atoms with E-state index in [9.17, 15) is 13.2 Å². The first-order valence-corrected chi connectivity index (χ1v) is 11.0. The molecule has 0 aliphatic carbocycles. The minimum Gasteiger partial charge on any atom is -0.493 e. The van der Waals surface area contributed by atoms with Gasteiger partial charge in [-0.3, -0.25) is 9.78 Å². The number of fused-ring (bicyclic) bond motifs is 1. The lowest BCUT2D eigenvalue weighted by Crippen LogP contribution is -2.41. The van der Waals surface area contributed by atoms with Crippen LogP contribution in [0.25, 0.3) is 0 Å². The standard InChI is InChI=1S/C20H23N3O4S/c24-20(17-2-1-8-21-14-17)23-9-5-15(6-10-23)13-22-28(25,26)18-3-4-19-16(12-18)7-11-27-19/h1-4,8,12,14-15,22H,5-7,9-11,13H2. The summed E-state index contributed by atoms with van der Waals surface area (Å²) < 4.78 is 33.4. The lowest BCUT2D eigenvalue weighted by molar-refractivity contribution is 0.0691. The molecular weight excluding hydrogens is 378 g/mol. The van der Waals surface area contributed by atoms with E-state index >= 15 is 0 Å². The van der Waals surface area contributed by atoms with Gasteiger partial charge in [0.1, 0.15) is 5.75 Å². The quantitative estimate of drug-likeness (QED) is 0.826. The molecule has 1 aromatic heterocycles. The molecule has 2 aromatic rings. The number of rotatable bonds is 5. The molecule has 1 N–H and O–H groups in total. The first-order valence-electron chi connectivity index (χ1n) is 9.47. The number of ether oxygens (including phenoxy) is 1. The highest BCUT2D eigenvalue weighted by molar-refractivity contribution is 7.89. The second kappa shape index (κ2) is 7.89. The van der Waals surface area contributed by atoms with Crippen LogP contribution in [0.2, 0.25) is 0 Å². The Morgan fingerprint density at radius 3 is 2.82 bits per heavy atom. The number of nitrogens with zero attached hydrogens (tertiary/aromatic N) is 2. The molecule has 1 fully saturated rings. The number of carbonyl (C=O) groups is 1. The fourth-order valence-electron chi connectivity index (χ4n) is 3.65. The Labute approximate surface area is 164 Å². The summed E-state index contributed by atoms with van der Waals surface area (Å²) in [7, 11) is -3.55. The van der Waals surface area contributed by atoms with Gasteiger partial charge in [0.2, 0.25) is 10.0 Å². The van der Waals surface area contributed by atoms with E-state index in [1.54, 1.807) is 42.7 Å². The third-order valence-corrected chi connectivity index (χ3v) is 6.76. The van der Waals surface area contributed by atoms with Crippen LogP contribution < -0.4 is 9.46 Å². The number of sulfonamides is 1. The normalized spacial score (nSPS) is 17.2. The number of amides is 1. The van der Waals surface area contributed by atoms with Gasteiger partial charge in [-0.25, -0.2) is 13.1 Å². The molecule has 1 amide bonds. The van der Waals surface area contributed by atoms with Crippen molar-refractivity contribution in [3.8, 4) is 5.75 Å². The van der Waals surface area contributed by atoms with Crippen molar-refractivity contribution in [1.29, 1.82) is 0 Å². The average molecular weight is 401 g/mol. The smallest absolute Gasteiger partial charge is 0.255 e. The summed E-state index contributed by atoms with van der Waals surface area (Å²) in [5, 5.41) is 0. The maximum absolute atomic E-state index is 12.6. The maximum Gasteiger partial charge on any atom is 0.255 e. The molecule has 1 saturated heterocycles. The molecule has 0 atom stereocenters. The molecule has 0 radical (unpaired) electrons. The number of hydrogen-bond donors (Lipinski definition) is 1. The number of benzene rings is 1. The molecule has 2 aliphatic rings. The number of likely N-dealkylation sites (tertiary alicyclic amines) is 1. The predicted octanol–water partition coefficient (Wildman–Crippen LogP) is 1.85. The highest BCUT2D eigenvalue weighted by atomic mass is 32.2. The summed E-state index contributed by atoms with van der Waals surface area (Å²) in [5.74, 6) is 0.961. The number of aromatic nitrogens is 1. The Hall–Kier alpha value is -2.45. The van der Waals surface area contributed by atoms with Gasteiger partial charge in [-0.05, 0) is 54.7 Å². The lowest BCUT2D eigenvalue weighted by atomic mass is 9.97. The van der Waals surface area contributed by atoms with Crippen LogP contribution in [-0.2, 0) is 16.4 Å². The Morgan fingerprint density at radius 1 is 1.25 bits per heavy atom. The molecule has 28 heavy (non-hydrogen) atoms. The minimum atomic E-state index is -3.55. The predicted molar refractivity (Wildman–Crippen MR) is 104 cm³/mol. The Balaban J connectivity index is 1.31. The fourth-order valence-corrected chi connectivity index (χ4v) is 4.82. The average Bonchev–Trinajstić information content (AvgIpc) is 3.21. The van der Waals surface area contributed by atoms with E-state index in [0.717, 1.165) is 30.6 Å². The van der Waals surface area contributed by atoms with Crippen LogP contribution in [0, 0.1) is 5.92 Å². The molecule has 0 saturated carbocycles. The van der Waals surface area contributed by atoms with Gasteiger partial charge in [0.05, 0.1) is 17.1 Å². The van der Waals surface area contributed by atoms with Crippen molar-refractivity contribution >= 4 is 15.9 Å². The summed E-state index contributed by atoms with van der Waals surface area (Å²) in [4.78, 5) is 18.5. The highest BCUT2D eigenvalue weighted by Crippen LogP contribution is 2.27. The lowest BCUT2D eigenvalue weighted by Gasteiger charge is -2.32. The van der Waals surface area contributed by atoms with E-state index in [4.69, 9.17) is 4.74 Å². The number of piperidine rings is 1. The van der Waals surface area contributed by atoms with E-state index in [1.165, 1.54) is 0 Å². The Bertz CT molecular complexity index is 955. The number of hydrogen-bond acceptors (Lipinski definition) is 5. The maximum atomic E-state index is 12.6. The zero-order valence-corrected chi connectivity index (χ0v) is 16.3. The molecule has 2 aliphatic heterocycles. The SMILES string of the molecule is O=C(c1cccnc1)N1CCC(CNS(=O)(=O)c2ccc3c(c2)CCO3)CC1. The van der Waals surface area contributed by atoms with Crippen molar-refractivity contribution in [2.45, 2.75) is 24.2 Å². The van der Waals surface area contributed by atoms with Gasteiger partial charge in [0.25, 0.3) is 5.91 Å². The van der Waals surface area contributed by atoms with Crippen molar-refractivity contribution in [2.75, 3.05) is 26.2 Å². The molecule has 4 rings (SSSR count). The van der Waals surface area contributed by atoms with Gasteiger partial charge in [0, 0.05) is 38.4 Å². The number of pyridine rings is 1. The van der Waals surface area contributed by atoms with Crippen molar-refractivity contribution in [3.05, 3.63) is 53.9 Å². The summed E-state index contributed by atoms with van der Waals surface area (Å²) in [6.45, 7) is 2.22. The highest BCUT2D eigenvalue weighted by Gasteiger charge is 2.26. The molecule has 0 unspecified atom stereocenters. The van der Waals surface area contributed by atoms with E-state index in [1.807, 2.05) is 4.90 Å². The summed E-state index contributed by atoms with van der Waals surface area (Å²) in [6, 6.07) is 8.51. The van der Waals surface area contributed by atoms with E-state index in [-0.39, 0.29) is 16.7 Å². The van der Waals surface area contributed by atoms with Gasteiger partial charge in [-0.2, -0.15) is 0 Å². The molecule has 0 spiro atoms. The second-order valence-corrected chi connectivity index (χ2v) is 8.96. The van der Waals surface area contributed by atoms with Crippen LogP contribution in [0.1, 0.15) is 28.8 Å². The van der Waals surface area contributed by atoms with Crippen LogP contribution in [0.5, 0.6) is 5.75 Å². The van der Waals surface area contributed by atoms with Crippen molar-refractivity contribution in [1.82, 2.24) is 14.6 Å². The monoisotopic (exact) mass is 401 g/mol. The van der Waals surface area contributed by atoms with Crippen LogP contribution in [0.4, 0.5) is 0 Å². The van der Waals surface area contributed by atoms with Crippen molar-refractivity contribution in [3.63, 3.8) is 0 Å². The molecule has 7 nitrogen and oxygen atoms in total. The zero-order chi connectivity index (χ0) is 19.6. The van der Waals surface area contributed by atoms with E-state index < -0.39 is 10.0 Å². The van der Waals surface area contributed by atoms with Crippen LogP contribution in [-0.4, -0.2) is 50.5 Å². The van der Waals surface area contributed by atoms with Gasteiger partial charge < -0.3 is 9.64 Å². The van der Waals surface area contributed by atoms with Gasteiger partial charge in [-0.1, -0.05) is 0 Å². The van der Waals surface area contributed by atoms with Gasteiger partial charge in [0.15, 0.2) is 0 Å². The first-order chi connectivity index (χ1) is 13.5. The first kappa shape index (κ1) is 18.9. The number of carbonyl (C=O) groups excluding carboxylic acids is 1. The third kappa shape index (κ3) is 4.02. The summed E-state index contributed by atoms with van der Waals surface area (Å²) >= 11 is 0. The molecule has 0 bridgehead atoms. The van der Waals surface area contributed by atoms with Gasteiger partial charge >= 0.3 is 0 Å². The van der Waals surface area contributed by atoms with E-state index in [2.05, 4.69) is 9.71 Å². The molecule has 3 heterocycles. The Morgan fingerprint density at radius 2 is 2.07 bits per heavy atom. The van der Waals surface area contributed by atoms with Gasteiger partial charge in [-0.15, -0.1) is 0 Å². The zero-order valence-electron chi connectivity index (χ0n) is 15.5. The molecular formula is C20H23N3O4S. The fraction of sp³-hybridized carbons (Fsp3) is 0.400. The summed E-state index contributed by atoms with van der Waals surface area (Å²) in [6.07, 6.45) is 5.49. The van der Waals surface area contributed by atoms with E-state index in [0.29, 0.717) is 31.8 Å². The Kier molecular flexibility index (Phi) is 5.32. The minimum absolute atomic E-state index is 0.0208. The molecule has 148 valence electrons.